The molecular weight excluding hydrogens is 280 g/mol. The molecule has 1 saturated heterocycles. The highest BCUT2D eigenvalue weighted by molar-refractivity contribution is 5.87. The van der Waals surface area contributed by atoms with Gasteiger partial charge in [0.15, 0.2) is 11.5 Å². The second-order valence-electron chi connectivity index (χ2n) is 6.06. The molecule has 1 aromatic rings. The summed E-state index contributed by atoms with van der Waals surface area (Å²) in [6.07, 6.45) is 2.77. The predicted molar refractivity (Wildman–Crippen MR) is 84.2 cm³/mol. The van der Waals surface area contributed by atoms with Crippen molar-refractivity contribution in [2.75, 3.05) is 19.8 Å². The SMILES string of the molecule is CCC1(C(=O)NC(C)c2ccc3c(c2)OCCO3)CCCN1. The fourth-order valence-electron chi connectivity index (χ4n) is 3.21. The Morgan fingerprint density at radius 2 is 2.14 bits per heavy atom. The van der Waals surface area contributed by atoms with Crippen molar-refractivity contribution >= 4 is 5.91 Å². The monoisotopic (exact) mass is 304 g/mol. The molecule has 120 valence electrons. The summed E-state index contributed by atoms with van der Waals surface area (Å²) >= 11 is 0. The van der Waals surface area contributed by atoms with Crippen molar-refractivity contribution < 1.29 is 14.3 Å². The zero-order valence-corrected chi connectivity index (χ0v) is 13.3. The number of fused-ring (bicyclic) bond motifs is 1. The van der Waals surface area contributed by atoms with Gasteiger partial charge in [0, 0.05) is 0 Å². The second-order valence-corrected chi connectivity index (χ2v) is 6.06. The van der Waals surface area contributed by atoms with E-state index in [-0.39, 0.29) is 11.9 Å². The third kappa shape index (κ3) is 2.77. The van der Waals surface area contributed by atoms with Gasteiger partial charge < -0.3 is 20.1 Å². The first-order chi connectivity index (χ1) is 10.6. The van der Waals surface area contributed by atoms with Crippen LogP contribution in [0.5, 0.6) is 11.5 Å². The molecule has 0 saturated carbocycles. The molecule has 0 aromatic heterocycles. The Hall–Kier alpha value is -1.75. The summed E-state index contributed by atoms with van der Waals surface area (Å²) in [7, 11) is 0. The molecule has 2 aliphatic heterocycles. The Labute approximate surface area is 131 Å². The number of amides is 1. The first kappa shape index (κ1) is 15.2. The van der Waals surface area contributed by atoms with Crippen molar-refractivity contribution in [3.63, 3.8) is 0 Å². The molecule has 1 amide bonds. The summed E-state index contributed by atoms with van der Waals surface area (Å²) in [6, 6.07) is 5.80. The number of rotatable bonds is 4. The number of hydrogen-bond acceptors (Lipinski definition) is 4. The second kappa shape index (κ2) is 6.16. The van der Waals surface area contributed by atoms with E-state index in [0.717, 1.165) is 42.9 Å². The lowest BCUT2D eigenvalue weighted by Crippen LogP contribution is -2.53. The Morgan fingerprint density at radius 3 is 2.82 bits per heavy atom. The topological polar surface area (TPSA) is 59.6 Å². The Morgan fingerprint density at radius 1 is 1.36 bits per heavy atom. The molecule has 2 heterocycles. The van der Waals surface area contributed by atoms with Crippen LogP contribution in [0, 0.1) is 0 Å². The highest BCUT2D eigenvalue weighted by atomic mass is 16.6. The summed E-state index contributed by atoms with van der Waals surface area (Å²) in [6.45, 7) is 6.14. The van der Waals surface area contributed by atoms with E-state index in [9.17, 15) is 4.79 Å². The van der Waals surface area contributed by atoms with Crippen molar-refractivity contribution in [1.82, 2.24) is 10.6 Å². The van der Waals surface area contributed by atoms with Crippen LogP contribution in [-0.2, 0) is 4.79 Å². The van der Waals surface area contributed by atoms with Crippen molar-refractivity contribution in [3.8, 4) is 11.5 Å². The van der Waals surface area contributed by atoms with Crippen LogP contribution in [0.1, 0.15) is 44.7 Å². The number of hydrogen-bond donors (Lipinski definition) is 2. The van der Waals surface area contributed by atoms with Crippen molar-refractivity contribution in [2.24, 2.45) is 0 Å². The molecular formula is C17H24N2O3. The maximum Gasteiger partial charge on any atom is 0.240 e. The van der Waals surface area contributed by atoms with Gasteiger partial charge in [0.1, 0.15) is 13.2 Å². The molecule has 0 aliphatic carbocycles. The molecule has 0 bridgehead atoms. The first-order valence-corrected chi connectivity index (χ1v) is 8.10. The van der Waals surface area contributed by atoms with E-state index in [1.807, 2.05) is 25.1 Å². The quantitative estimate of drug-likeness (QED) is 0.895. The lowest BCUT2D eigenvalue weighted by molar-refractivity contribution is -0.128. The van der Waals surface area contributed by atoms with Crippen LogP contribution in [-0.4, -0.2) is 31.2 Å². The van der Waals surface area contributed by atoms with Gasteiger partial charge in [-0.2, -0.15) is 0 Å². The van der Waals surface area contributed by atoms with Crippen LogP contribution >= 0.6 is 0 Å². The minimum absolute atomic E-state index is 0.0610. The average Bonchev–Trinajstić information content (AvgIpc) is 3.04. The van der Waals surface area contributed by atoms with Gasteiger partial charge in [-0.1, -0.05) is 13.0 Å². The first-order valence-electron chi connectivity index (χ1n) is 8.10. The van der Waals surface area contributed by atoms with Crippen LogP contribution < -0.4 is 20.1 Å². The average molecular weight is 304 g/mol. The summed E-state index contributed by atoms with van der Waals surface area (Å²) < 4.78 is 11.1. The normalized spacial score (nSPS) is 24.8. The molecule has 0 spiro atoms. The molecule has 2 atom stereocenters. The van der Waals surface area contributed by atoms with Crippen molar-refractivity contribution in [2.45, 2.75) is 44.7 Å². The van der Waals surface area contributed by atoms with Crippen LogP contribution in [0.2, 0.25) is 0 Å². The molecule has 1 aromatic carbocycles. The Bertz CT molecular complexity index is 553. The van der Waals surface area contributed by atoms with E-state index in [0.29, 0.717) is 13.2 Å². The number of benzene rings is 1. The van der Waals surface area contributed by atoms with Gasteiger partial charge >= 0.3 is 0 Å². The Kier molecular flexibility index (Phi) is 4.25. The summed E-state index contributed by atoms with van der Waals surface area (Å²) in [4.78, 5) is 12.6. The zero-order valence-electron chi connectivity index (χ0n) is 13.3. The van der Waals surface area contributed by atoms with E-state index in [2.05, 4.69) is 17.6 Å². The van der Waals surface area contributed by atoms with Crippen LogP contribution in [0.4, 0.5) is 0 Å². The molecule has 1 fully saturated rings. The fourth-order valence-corrected chi connectivity index (χ4v) is 3.21. The van der Waals surface area contributed by atoms with Gasteiger partial charge in [-0.25, -0.2) is 0 Å². The van der Waals surface area contributed by atoms with Crippen LogP contribution in [0.3, 0.4) is 0 Å². The fraction of sp³-hybridized carbons (Fsp3) is 0.588. The van der Waals surface area contributed by atoms with E-state index in [4.69, 9.17) is 9.47 Å². The maximum absolute atomic E-state index is 12.6. The molecule has 0 radical (unpaired) electrons. The van der Waals surface area contributed by atoms with Crippen LogP contribution in [0.15, 0.2) is 18.2 Å². The van der Waals surface area contributed by atoms with Crippen molar-refractivity contribution in [3.05, 3.63) is 23.8 Å². The van der Waals surface area contributed by atoms with Crippen LogP contribution in [0.25, 0.3) is 0 Å². The Balaban J connectivity index is 1.71. The smallest absolute Gasteiger partial charge is 0.240 e. The van der Waals surface area contributed by atoms with E-state index >= 15 is 0 Å². The standard InChI is InChI=1S/C17H24N2O3/c1-3-17(7-4-8-18-17)16(20)19-12(2)13-5-6-14-15(11-13)22-10-9-21-14/h5-6,11-12,18H,3-4,7-10H2,1-2H3,(H,19,20). The predicted octanol–water partition coefficient (Wildman–Crippen LogP) is 2.17. The highest BCUT2D eigenvalue weighted by Gasteiger charge is 2.39. The minimum Gasteiger partial charge on any atom is -0.486 e. The molecule has 5 nitrogen and oxygen atoms in total. The largest absolute Gasteiger partial charge is 0.486 e. The molecule has 5 heteroatoms. The lowest BCUT2D eigenvalue weighted by Gasteiger charge is -2.29. The number of carbonyl (C=O) groups is 1. The third-order valence-electron chi connectivity index (χ3n) is 4.70. The summed E-state index contributed by atoms with van der Waals surface area (Å²) in [5.74, 6) is 1.62. The molecule has 2 unspecified atom stereocenters. The highest BCUT2D eigenvalue weighted by Crippen LogP contribution is 2.33. The lowest BCUT2D eigenvalue weighted by atomic mass is 9.92. The van der Waals surface area contributed by atoms with E-state index < -0.39 is 5.54 Å². The van der Waals surface area contributed by atoms with E-state index in [1.54, 1.807) is 0 Å². The zero-order chi connectivity index (χ0) is 15.6. The molecule has 22 heavy (non-hydrogen) atoms. The number of ether oxygens (including phenoxy) is 2. The van der Waals surface area contributed by atoms with Gasteiger partial charge in [0.05, 0.1) is 11.6 Å². The summed E-state index contributed by atoms with van der Waals surface area (Å²) in [5, 5.41) is 6.51. The minimum atomic E-state index is -0.401. The van der Waals surface area contributed by atoms with Gasteiger partial charge in [-0.3, -0.25) is 4.79 Å². The van der Waals surface area contributed by atoms with E-state index in [1.165, 1.54) is 0 Å². The van der Waals surface area contributed by atoms with Gasteiger partial charge in [0.25, 0.3) is 0 Å². The molecule has 2 aliphatic rings. The van der Waals surface area contributed by atoms with Gasteiger partial charge in [0.2, 0.25) is 5.91 Å². The summed E-state index contributed by atoms with van der Waals surface area (Å²) in [5.41, 5.74) is 0.629. The number of carbonyl (C=O) groups excluding carboxylic acids is 1. The van der Waals surface area contributed by atoms with Gasteiger partial charge in [-0.15, -0.1) is 0 Å². The number of nitrogens with one attached hydrogen (secondary N) is 2. The molecule has 2 N–H and O–H groups in total. The van der Waals surface area contributed by atoms with Gasteiger partial charge in [-0.05, 0) is 50.4 Å². The third-order valence-corrected chi connectivity index (χ3v) is 4.70. The van der Waals surface area contributed by atoms with Crippen molar-refractivity contribution in [1.29, 1.82) is 0 Å². The maximum atomic E-state index is 12.6. The molecule has 3 rings (SSSR count).